The zero-order chi connectivity index (χ0) is 21.1. The van der Waals surface area contributed by atoms with Crippen molar-refractivity contribution in [3.63, 3.8) is 0 Å². The van der Waals surface area contributed by atoms with Crippen LogP contribution in [0.5, 0.6) is 0 Å². The maximum absolute atomic E-state index is 12.6. The number of benzene rings is 1. The van der Waals surface area contributed by atoms with Crippen LogP contribution >= 0.6 is 23.1 Å². The van der Waals surface area contributed by atoms with E-state index in [2.05, 4.69) is 15.3 Å². The van der Waals surface area contributed by atoms with Gasteiger partial charge in [-0.25, -0.2) is 4.98 Å². The number of aromatic nitrogens is 2. The Bertz CT molecular complexity index is 1110. The summed E-state index contributed by atoms with van der Waals surface area (Å²) >= 11 is 3.00. The van der Waals surface area contributed by atoms with Crippen LogP contribution in [0.3, 0.4) is 0 Å². The molecule has 3 heterocycles. The van der Waals surface area contributed by atoms with E-state index in [1.807, 2.05) is 24.3 Å². The molecule has 4 N–H and O–H groups in total. The van der Waals surface area contributed by atoms with Gasteiger partial charge in [-0.1, -0.05) is 12.1 Å². The van der Waals surface area contributed by atoms with Crippen molar-refractivity contribution in [2.45, 2.75) is 17.7 Å². The molecule has 0 saturated carbocycles. The minimum absolute atomic E-state index is 0.0657. The predicted molar refractivity (Wildman–Crippen MR) is 118 cm³/mol. The van der Waals surface area contributed by atoms with Crippen LogP contribution in [0.2, 0.25) is 0 Å². The number of thiazole rings is 1. The number of amides is 3. The summed E-state index contributed by atoms with van der Waals surface area (Å²) in [4.78, 5) is 46.1. The van der Waals surface area contributed by atoms with Gasteiger partial charge < -0.3 is 20.9 Å². The number of aromatic amines is 1. The van der Waals surface area contributed by atoms with Crippen LogP contribution in [-0.2, 0) is 9.59 Å². The lowest BCUT2D eigenvalue weighted by Gasteiger charge is -2.28. The van der Waals surface area contributed by atoms with Crippen molar-refractivity contribution < 1.29 is 14.4 Å². The van der Waals surface area contributed by atoms with Gasteiger partial charge >= 0.3 is 0 Å². The lowest BCUT2D eigenvalue weighted by molar-refractivity contribution is -0.122. The molecule has 3 amide bonds. The number of primary amides is 1. The molecule has 1 aromatic carbocycles. The van der Waals surface area contributed by atoms with Gasteiger partial charge in [-0.2, -0.15) is 0 Å². The Labute approximate surface area is 180 Å². The van der Waals surface area contributed by atoms with Gasteiger partial charge in [0.2, 0.25) is 11.8 Å². The summed E-state index contributed by atoms with van der Waals surface area (Å²) < 4.78 is 0. The molecular weight excluding hydrogens is 422 g/mol. The number of carbonyl (C=O) groups excluding carboxylic acids is 3. The summed E-state index contributed by atoms with van der Waals surface area (Å²) in [5, 5.41) is 4.94. The van der Waals surface area contributed by atoms with Crippen LogP contribution in [0.25, 0.3) is 11.3 Å². The van der Waals surface area contributed by atoms with E-state index in [4.69, 9.17) is 5.73 Å². The first-order valence-corrected chi connectivity index (χ1v) is 11.1. The molecule has 10 heteroatoms. The Kier molecular flexibility index (Phi) is 5.86. The summed E-state index contributed by atoms with van der Waals surface area (Å²) in [5.74, 6) is -0.0440. The second-order valence-electron chi connectivity index (χ2n) is 6.61. The van der Waals surface area contributed by atoms with Crippen molar-refractivity contribution in [1.82, 2.24) is 9.97 Å². The van der Waals surface area contributed by atoms with Crippen LogP contribution in [0.4, 0.5) is 10.8 Å². The lowest BCUT2D eigenvalue weighted by atomic mass is 10.2. The lowest BCUT2D eigenvalue weighted by Crippen LogP contribution is -2.35. The number of nitrogens with two attached hydrogens (primary N) is 1. The Morgan fingerprint density at radius 3 is 2.87 bits per heavy atom. The van der Waals surface area contributed by atoms with Gasteiger partial charge in [-0.3, -0.25) is 14.4 Å². The number of H-pyrrole nitrogens is 1. The molecule has 0 bridgehead atoms. The van der Waals surface area contributed by atoms with Gasteiger partial charge in [0.25, 0.3) is 5.91 Å². The van der Waals surface area contributed by atoms with Gasteiger partial charge in [-0.05, 0) is 18.2 Å². The molecule has 8 nitrogen and oxygen atoms in total. The largest absolute Gasteiger partial charge is 0.364 e. The smallest absolute Gasteiger partial charge is 0.265 e. The molecule has 0 atom stereocenters. The van der Waals surface area contributed by atoms with Crippen molar-refractivity contribution in [2.24, 2.45) is 5.73 Å². The Morgan fingerprint density at radius 1 is 1.23 bits per heavy atom. The molecule has 0 aliphatic carbocycles. The number of hydrogen-bond donors (Lipinski definition) is 3. The summed E-state index contributed by atoms with van der Waals surface area (Å²) in [6.45, 7) is 0.641. The highest BCUT2D eigenvalue weighted by molar-refractivity contribution is 7.99. The quantitative estimate of drug-likeness (QED) is 0.543. The van der Waals surface area contributed by atoms with Gasteiger partial charge in [0.1, 0.15) is 5.69 Å². The van der Waals surface area contributed by atoms with Crippen LogP contribution in [0.1, 0.15) is 23.3 Å². The highest BCUT2D eigenvalue weighted by atomic mass is 32.2. The number of nitrogens with zero attached hydrogens (tertiary/aromatic N) is 2. The predicted octanol–water partition coefficient (Wildman–Crippen LogP) is 3.09. The molecule has 0 fully saturated rings. The molecule has 0 radical (unpaired) electrons. The molecule has 2 aromatic heterocycles. The first-order chi connectivity index (χ1) is 14.5. The van der Waals surface area contributed by atoms with Crippen molar-refractivity contribution in [1.29, 1.82) is 0 Å². The van der Waals surface area contributed by atoms with Crippen LogP contribution in [0.15, 0.2) is 46.8 Å². The fourth-order valence-electron chi connectivity index (χ4n) is 3.11. The Hall–Kier alpha value is -3.11. The highest BCUT2D eigenvalue weighted by Crippen LogP contribution is 2.34. The average Bonchev–Trinajstić information content (AvgIpc) is 3.41. The fraction of sp³-hybridized carbons (Fsp3) is 0.200. The zero-order valence-electron chi connectivity index (χ0n) is 15.9. The molecule has 3 aromatic rings. The van der Waals surface area contributed by atoms with E-state index in [9.17, 15) is 14.4 Å². The third-order valence-corrected chi connectivity index (χ3v) is 6.39. The van der Waals surface area contributed by atoms with E-state index in [0.717, 1.165) is 16.3 Å². The van der Waals surface area contributed by atoms with E-state index < -0.39 is 5.91 Å². The van der Waals surface area contributed by atoms with Crippen molar-refractivity contribution in [2.75, 3.05) is 22.5 Å². The minimum Gasteiger partial charge on any atom is -0.364 e. The van der Waals surface area contributed by atoms with Crippen LogP contribution < -0.4 is 16.0 Å². The van der Waals surface area contributed by atoms with E-state index >= 15 is 0 Å². The molecular formula is C20H19N5O3S2. The van der Waals surface area contributed by atoms with Crippen LogP contribution in [0, 0.1) is 0 Å². The molecule has 0 saturated heterocycles. The zero-order valence-corrected chi connectivity index (χ0v) is 17.5. The van der Waals surface area contributed by atoms with E-state index in [-0.39, 0.29) is 24.7 Å². The average molecular weight is 442 g/mol. The standard InChI is InChI=1S/C20H19N5O3S2/c21-19(28)13-9-12(10-22-13)14-11-30-20(23-14)24-17(26)5-6-18(27)25-7-8-29-16-4-2-1-3-15(16)25/h1-4,9-11,22H,5-8H2,(H2,21,28)(H,23,24,26). The maximum atomic E-state index is 12.6. The fourth-order valence-corrected chi connectivity index (χ4v) is 4.84. The van der Waals surface area contributed by atoms with Gasteiger partial charge in [0, 0.05) is 47.2 Å². The molecule has 4 rings (SSSR count). The Morgan fingerprint density at radius 2 is 2.07 bits per heavy atom. The molecule has 1 aliphatic rings. The number of hydrogen-bond acceptors (Lipinski definition) is 6. The van der Waals surface area contributed by atoms with E-state index in [1.54, 1.807) is 34.3 Å². The first kappa shape index (κ1) is 20.2. The number of nitrogens with one attached hydrogen (secondary N) is 2. The minimum atomic E-state index is -0.551. The van der Waals surface area contributed by atoms with E-state index in [1.165, 1.54) is 11.3 Å². The number of thioether (sulfide) groups is 1. The van der Waals surface area contributed by atoms with Crippen molar-refractivity contribution >= 4 is 51.6 Å². The molecule has 30 heavy (non-hydrogen) atoms. The second kappa shape index (κ2) is 8.72. The van der Waals surface area contributed by atoms with E-state index in [0.29, 0.717) is 28.6 Å². The molecule has 0 unspecified atom stereocenters. The third-order valence-electron chi connectivity index (χ3n) is 4.59. The molecule has 154 valence electrons. The van der Waals surface area contributed by atoms with Crippen molar-refractivity contribution in [3.05, 3.63) is 47.6 Å². The number of para-hydroxylation sites is 1. The summed E-state index contributed by atoms with van der Waals surface area (Å²) in [7, 11) is 0. The summed E-state index contributed by atoms with van der Waals surface area (Å²) in [6, 6.07) is 9.41. The number of carbonyl (C=O) groups is 3. The second-order valence-corrected chi connectivity index (χ2v) is 8.61. The highest BCUT2D eigenvalue weighted by Gasteiger charge is 2.23. The normalized spacial score (nSPS) is 13.0. The number of anilines is 2. The van der Waals surface area contributed by atoms with Gasteiger partial charge in [0.05, 0.1) is 11.4 Å². The summed E-state index contributed by atoms with van der Waals surface area (Å²) in [6.07, 6.45) is 1.84. The number of rotatable bonds is 6. The third kappa shape index (κ3) is 4.39. The van der Waals surface area contributed by atoms with Gasteiger partial charge in [0.15, 0.2) is 5.13 Å². The SMILES string of the molecule is NC(=O)c1cc(-c2csc(NC(=O)CCC(=O)N3CCSc4ccccc43)n2)c[nH]1. The van der Waals surface area contributed by atoms with Gasteiger partial charge in [-0.15, -0.1) is 23.1 Å². The maximum Gasteiger partial charge on any atom is 0.265 e. The summed E-state index contributed by atoms with van der Waals surface area (Å²) in [5.41, 5.74) is 7.77. The molecule has 0 spiro atoms. The van der Waals surface area contributed by atoms with Crippen LogP contribution in [-0.4, -0.2) is 40.0 Å². The monoisotopic (exact) mass is 441 g/mol. The number of fused-ring (bicyclic) bond motifs is 1. The van der Waals surface area contributed by atoms with Crippen molar-refractivity contribution in [3.8, 4) is 11.3 Å². The Balaban J connectivity index is 1.33. The first-order valence-electron chi connectivity index (χ1n) is 9.27. The molecule has 1 aliphatic heterocycles. The topological polar surface area (TPSA) is 121 Å².